The second kappa shape index (κ2) is 13.2. The molecule has 2 aromatic rings. The minimum absolute atomic E-state index is 0. The molecule has 29 heavy (non-hydrogen) atoms. The molecular weight excluding hydrogens is 475 g/mol. The average Bonchev–Trinajstić information content (AvgIpc) is 2.90. The van der Waals surface area contributed by atoms with Crippen molar-refractivity contribution in [2.75, 3.05) is 7.11 Å². The third kappa shape index (κ3) is 6.93. The molecule has 1 aliphatic rings. The van der Waals surface area contributed by atoms with Crippen LogP contribution in [0, 0.1) is 43.9 Å². The van der Waals surface area contributed by atoms with Crippen LogP contribution in [0.2, 0.25) is 0 Å². The summed E-state index contributed by atoms with van der Waals surface area (Å²) in [5.41, 5.74) is 2.35. The van der Waals surface area contributed by atoms with Crippen LogP contribution in [-0.2, 0) is 22.0 Å². The maximum absolute atomic E-state index is 11.1. The summed E-state index contributed by atoms with van der Waals surface area (Å²) >= 11 is 2.02. The van der Waals surface area contributed by atoms with E-state index < -0.39 is 6.09 Å². The molecule has 1 aromatic heterocycles. The minimum atomic E-state index is -0.615. The predicted molar refractivity (Wildman–Crippen MR) is 120 cm³/mol. The molecule has 6 heteroatoms. The van der Waals surface area contributed by atoms with E-state index in [2.05, 4.69) is 59.3 Å². The maximum atomic E-state index is 11.1. The van der Waals surface area contributed by atoms with Crippen molar-refractivity contribution in [3.05, 3.63) is 48.8 Å². The number of methoxy groups -OCH3 is 1. The Morgan fingerprint density at radius 1 is 1.00 bits per heavy atom. The van der Waals surface area contributed by atoms with Crippen LogP contribution in [0.3, 0.4) is 0 Å². The Balaban J connectivity index is 0.000000524. The van der Waals surface area contributed by atoms with E-state index in [9.17, 15) is 4.79 Å². The standard InChI is InChI=1S/C12H12N2O2.C10H20.CH3.ClH.Rh/c1-8-5-6-10(14-12(15)16-2)11-9(8)4-3-7-13-11;1-6-7(2)9(4)10(5)8(6)3;;;/h3-7H,1-2H3,(H,14,15);6-10H,1-5H3;1H3;1H;/q;;-1;;+3/p-2. The van der Waals surface area contributed by atoms with Crippen LogP contribution < -0.4 is 0 Å². The molecule has 164 valence electrons. The number of hydrogen-bond donors (Lipinski definition) is 0. The van der Waals surface area contributed by atoms with Gasteiger partial charge in [-0.2, -0.15) is 0 Å². The molecule has 3 rings (SSSR count). The molecule has 1 heterocycles. The van der Waals surface area contributed by atoms with Crippen LogP contribution in [0.15, 0.2) is 30.5 Å². The van der Waals surface area contributed by atoms with E-state index in [0.717, 1.165) is 40.5 Å². The zero-order valence-corrected chi connectivity index (χ0v) is 21.1. The summed E-state index contributed by atoms with van der Waals surface area (Å²) < 4.78 is 4.50. The second-order valence-corrected chi connectivity index (χ2v) is 7.68. The van der Waals surface area contributed by atoms with Crippen molar-refractivity contribution in [1.82, 2.24) is 4.98 Å². The van der Waals surface area contributed by atoms with Gasteiger partial charge in [-0.25, -0.2) is 0 Å². The van der Waals surface area contributed by atoms with Crippen molar-refractivity contribution < 1.29 is 26.8 Å². The molecule has 1 fully saturated rings. The van der Waals surface area contributed by atoms with Crippen molar-refractivity contribution in [2.24, 2.45) is 29.6 Å². The zero-order chi connectivity index (χ0) is 21.4. The first kappa shape index (κ1) is 27.8. The fourth-order valence-corrected chi connectivity index (χ4v) is 3.93. The van der Waals surface area contributed by atoms with Gasteiger partial charge < -0.3 is 17.5 Å². The van der Waals surface area contributed by atoms with Crippen LogP contribution >= 0.6 is 9.69 Å². The fourth-order valence-electron chi connectivity index (χ4n) is 3.93. The third-order valence-corrected chi connectivity index (χ3v) is 6.50. The topological polar surface area (TPSA) is 53.3 Å². The van der Waals surface area contributed by atoms with Crippen LogP contribution in [0.25, 0.3) is 16.2 Å². The van der Waals surface area contributed by atoms with Crippen LogP contribution in [0.1, 0.15) is 40.2 Å². The zero-order valence-electron chi connectivity index (χ0n) is 18.7. The number of aryl methyl sites for hydroxylation is 1. The Kier molecular flexibility index (Phi) is 12.6. The quantitative estimate of drug-likeness (QED) is 0.294. The van der Waals surface area contributed by atoms with E-state index in [1.54, 1.807) is 12.3 Å². The molecule has 0 bridgehead atoms. The Hall–Kier alpha value is -1.19. The molecule has 0 N–H and O–H groups in total. The molecule has 0 unspecified atom stereocenters. The average molecular weight is 509 g/mol. The molecule has 0 atom stereocenters. The van der Waals surface area contributed by atoms with Gasteiger partial charge in [0.25, 0.3) is 0 Å². The van der Waals surface area contributed by atoms with E-state index in [1.165, 1.54) is 7.11 Å². The number of hydrogen-bond acceptors (Lipinski definition) is 3. The number of benzene rings is 1. The van der Waals surface area contributed by atoms with Crippen molar-refractivity contribution in [2.45, 2.75) is 41.5 Å². The number of halogens is 1. The Bertz CT molecular complexity index is 727. The number of carbonyl (C=O) groups is 1. The van der Waals surface area contributed by atoms with Crippen molar-refractivity contribution in [1.29, 1.82) is 0 Å². The number of rotatable bonds is 1. The Labute approximate surface area is 190 Å². The van der Waals surface area contributed by atoms with Gasteiger partial charge in [0.05, 0.1) is 12.6 Å². The van der Waals surface area contributed by atoms with Gasteiger partial charge in [0.1, 0.15) is 0 Å². The van der Waals surface area contributed by atoms with Crippen molar-refractivity contribution >= 4 is 32.4 Å². The van der Waals surface area contributed by atoms with E-state index in [1.807, 2.05) is 42.4 Å². The first-order valence-corrected chi connectivity index (χ1v) is 11.7. The molecule has 0 spiro atoms. The Morgan fingerprint density at radius 3 is 1.93 bits per heavy atom. The number of pyridine rings is 1. The van der Waals surface area contributed by atoms with Gasteiger partial charge in [0, 0.05) is 11.6 Å². The van der Waals surface area contributed by atoms with Crippen LogP contribution in [0.4, 0.5) is 10.5 Å². The van der Waals surface area contributed by atoms with E-state index in [-0.39, 0.29) is 7.43 Å². The SMILES string of the molecule is CC1C(C)C(C)C(C)C1C.COC(=O)[N-]c1ccc(C)c2cccnc12.[CH3-].[Cl][Rh+2]. The monoisotopic (exact) mass is 508 g/mol. The number of nitrogens with zero attached hydrogens (tertiary/aromatic N) is 2. The molecule has 1 aliphatic carbocycles. The summed E-state index contributed by atoms with van der Waals surface area (Å²) in [7, 11) is 5.83. The molecular formula is C23H34ClN2O2Rh. The van der Waals surface area contributed by atoms with Gasteiger partial charge >= 0.3 is 27.0 Å². The van der Waals surface area contributed by atoms with Crippen molar-refractivity contribution in [3.63, 3.8) is 0 Å². The van der Waals surface area contributed by atoms with Gasteiger partial charge in [0.15, 0.2) is 0 Å². The number of ether oxygens (including phenoxy) is 1. The van der Waals surface area contributed by atoms with Gasteiger partial charge in [-0.1, -0.05) is 52.8 Å². The second-order valence-electron chi connectivity index (χ2n) is 7.68. The Morgan fingerprint density at radius 2 is 1.48 bits per heavy atom. The predicted octanol–water partition coefficient (Wildman–Crippen LogP) is 7.63. The number of aromatic nitrogens is 1. The van der Waals surface area contributed by atoms with Gasteiger partial charge in [-0.15, -0.1) is 5.69 Å². The summed E-state index contributed by atoms with van der Waals surface area (Å²) in [6, 6.07) is 7.48. The third-order valence-electron chi connectivity index (χ3n) is 6.50. The molecule has 1 amide bonds. The van der Waals surface area contributed by atoms with Crippen LogP contribution in [0.5, 0.6) is 0 Å². The van der Waals surface area contributed by atoms with Gasteiger partial charge in [0.2, 0.25) is 6.09 Å². The van der Waals surface area contributed by atoms with E-state index >= 15 is 0 Å². The van der Waals surface area contributed by atoms with E-state index in [0.29, 0.717) is 11.2 Å². The molecule has 0 saturated heterocycles. The van der Waals surface area contributed by atoms with Crippen molar-refractivity contribution in [3.8, 4) is 0 Å². The molecule has 4 nitrogen and oxygen atoms in total. The number of carbonyl (C=O) groups excluding carboxylic acids is 1. The first-order valence-electron chi connectivity index (χ1n) is 9.54. The number of amides is 1. The van der Waals surface area contributed by atoms with Gasteiger partial charge in [-0.3, -0.25) is 9.78 Å². The van der Waals surface area contributed by atoms with Crippen LogP contribution in [-0.4, -0.2) is 18.2 Å². The molecule has 0 aliphatic heterocycles. The summed E-state index contributed by atoms with van der Waals surface area (Å²) in [6.45, 7) is 14.0. The van der Waals surface area contributed by atoms with E-state index in [4.69, 9.17) is 0 Å². The summed E-state index contributed by atoms with van der Waals surface area (Å²) in [5.74, 6) is 4.68. The first-order chi connectivity index (χ1) is 13.3. The molecule has 1 saturated carbocycles. The number of fused-ring (bicyclic) bond motifs is 1. The normalized spacial score (nSPS) is 24.9. The van der Waals surface area contributed by atoms with Gasteiger partial charge in [-0.05, 0) is 48.1 Å². The summed E-state index contributed by atoms with van der Waals surface area (Å²) in [6.07, 6.45) is 1.06. The molecule has 1 aromatic carbocycles. The summed E-state index contributed by atoms with van der Waals surface area (Å²) in [4.78, 5) is 15.3. The fraction of sp³-hybridized carbons (Fsp3) is 0.522. The summed E-state index contributed by atoms with van der Waals surface area (Å²) in [5, 5.41) is 4.82. The molecule has 0 radical (unpaired) electrons.